The molecular formula is C11H22N2O2. The van der Waals surface area contributed by atoms with Crippen molar-refractivity contribution in [1.82, 2.24) is 4.90 Å². The minimum atomic E-state index is -0.357. The maximum absolute atomic E-state index is 12.0. The molecule has 0 aromatic rings. The number of nitrogens with zero attached hydrogens (tertiary/aromatic N) is 1. The highest BCUT2D eigenvalue weighted by Gasteiger charge is 2.31. The fraction of sp³-hybridized carbons (Fsp3) is 0.909. The third-order valence-corrected chi connectivity index (χ3v) is 3.14. The second kappa shape index (κ2) is 5.47. The lowest BCUT2D eigenvalue weighted by atomic mass is 9.96. The summed E-state index contributed by atoms with van der Waals surface area (Å²) >= 11 is 0. The second-order valence-electron chi connectivity index (χ2n) is 4.33. The predicted octanol–water partition coefficient (Wildman–Crippen LogP) is 0.750. The highest BCUT2D eigenvalue weighted by atomic mass is 16.5. The molecule has 4 heteroatoms. The van der Waals surface area contributed by atoms with Gasteiger partial charge in [0.15, 0.2) is 0 Å². The van der Waals surface area contributed by atoms with Crippen LogP contribution < -0.4 is 5.73 Å². The summed E-state index contributed by atoms with van der Waals surface area (Å²) < 4.78 is 5.06. The van der Waals surface area contributed by atoms with Gasteiger partial charge in [0, 0.05) is 25.7 Å². The van der Waals surface area contributed by atoms with Gasteiger partial charge in [-0.05, 0) is 33.1 Å². The molecular weight excluding hydrogens is 192 g/mol. The monoisotopic (exact) mass is 214 g/mol. The van der Waals surface area contributed by atoms with E-state index < -0.39 is 0 Å². The molecule has 1 aliphatic heterocycles. The maximum Gasteiger partial charge on any atom is 0.251 e. The molecule has 1 heterocycles. The largest absolute Gasteiger partial charge is 0.372 e. The van der Waals surface area contributed by atoms with Crippen LogP contribution in [0.2, 0.25) is 0 Å². The molecule has 2 N–H and O–H groups in total. The van der Waals surface area contributed by atoms with Gasteiger partial charge in [-0.2, -0.15) is 0 Å². The van der Waals surface area contributed by atoms with Gasteiger partial charge in [0.1, 0.15) is 6.10 Å². The molecule has 0 radical (unpaired) electrons. The van der Waals surface area contributed by atoms with E-state index in [1.54, 1.807) is 14.0 Å². The number of nitrogens with two attached hydrogens (primary N) is 1. The number of piperidine rings is 1. The summed E-state index contributed by atoms with van der Waals surface area (Å²) in [6.07, 6.45) is 2.90. The van der Waals surface area contributed by atoms with Crippen LogP contribution in [0, 0.1) is 0 Å². The molecule has 1 saturated heterocycles. The number of amides is 1. The van der Waals surface area contributed by atoms with Gasteiger partial charge >= 0.3 is 0 Å². The molecule has 4 nitrogen and oxygen atoms in total. The molecule has 0 aliphatic carbocycles. The van der Waals surface area contributed by atoms with Crippen LogP contribution in [0.5, 0.6) is 0 Å². The van der Waals surface area contributed by atoms with Crippen molar-refractivity contribution in [3.63, 3.8) is 0 Å². The molecule has 1 rings (SSSR count). The quantitative estimate of drug-likeness (QED) is 0.754. The summed E-state index contributed by atoms with van der Waals surface area (Å²) in [4.78, 5) is 13.9. The molecule has 1 fully saturated rings. The molecule has 15 heavy (non-hydrogen) atoms. The zero-order valence-electron chi connectivity index (χ0n) is 9.90. The normalized spacial score (nSPS) is 26.1. The van der Waals surface area contributed by atoms with E-state index in [0.717, 1.165) is 25.8 Å². The molecule has 3 unspecified atom stereocenters. The van der Waals surface area contributed by atoms with Crippen molar-refractivity contribution in [2.24, 2.45) is 5.73 Å². The number of carbonyl (C=O) groups is 1. The number of hydrogen-bond acceptors (Lipinski definition) is 3. The topological polar surface area (TPSA) is 55.6 Å². The molecule has 0 aromatic heterocycles. The van der Waals surface area contributed by atoms with E-state index in [9.17, 15) is 4.79 Å². The molecule has 0 spiro atoms. The first-order valence-corrected chi connectivity index (χ1v) is 5.66. The highest BCUT2D eigenvalue weighted by molar-refractivity contribution is 5.81. The van der Waals surface area contributed by atoms with Crippen molar-refractivity contribution < 1.29 is 9.53 Å². The molecule has 3 atom stereocenters. The molecule has 0 saturated carbocycles. The van der Waals surface area contributed by atoms with E-state index in [1.807, 2.05) is 11.8 Å². The first-order chi connectivity index (χ1) is 7.07. The smallest absolute Gasteiger partial charge is 0.251 e. The van der Waals surface area contributed by atoms with Gasteiger partial charge in [0.25, 0.3) is 5.91 Å². The number of likely N-dealkylation sites (tertiary alicyclic amines) is 1. The minimum absolute atomic E-state index is 0.0401. The first kappa shape index (κ1) is 12.5. The molecule has 88 valence electrons. The molecule has 1 amide bonds. The Morgan fingerprint density at radius 2 is 2.13 bits per heavy atom. The predicted molar refractivity (Wildman–Crippen MR) is 59.5 cm³/mol. The fourth-order valence-corrected chi connectivity index (χ4v) is 2.11. The Morgan fingerprint density at radius 3 is 2.67 bits per heavy atom. The SMILES string of the molecule is COC(C)C(=O)N1CCCCC1C(C)N. The third kappa shape index (κ3) is 2.92. The van der Waals surface area contributed by atoms with Gasteiger partial charge in [0.05, 0.1) is 0 Å². The number of methoxy groups -OCH3 is 1. The molecule has 0 bridgehead atoms. The Morgan fingerprint density at radius 1 is 1.47 bits per heavy atom. The molecule has 0 aromatic carbocycles. The van der Waals surface area contributed by atoms with Crippen LogP contribution >= 0.6 is 0 Å². The second-order valence-corrected chi connectivity index (χ2v) is 4.33. The van der Waals surface area contributed by atoms with Gasteiger partial charge < -0.3 is 15.4 Å². The Hall–Kier alpha value is -0.610. The Kier molecular flexibility index (Phi) is 4.54. The summed E-state index contributed by atoms with van der Waals surface area (Å²) in [6.45, 7) is 4.57. The lowest BCUT2D eigenvalue weighted by Crippen LogP contribution is -2.54. The number of carbonyl (C=O) groups excluding carboxylic acids is 1. The van der Waals surface area contributed by atoms with Gasteiger partial charge in [-0.3, -0.25) is 4.79 Å². The molecule has 1 aliphatic rings. The van der Waals surface area contributed by atoms with Crippen LogP contribution in [0.3, 0.4) is 0 Å². The standard InChI is InChI=1S/C11H22N2O2/c1-8(12)10-6-4-5-7-13(10)11(14)9(2)15-3/h8-10H,4-7,12H2,1-3H3. The van der Waals surface area contributed by atoms with E-state index in [-0.39, 0.29) is 24.1 Å². The average molecular weight is 214 g/mol. The minimum Gasteiger partial charge on any atom is -0.372 e. The van der Waals surface area contributed by atoms with Crippen LogP contribution in [0.15, 0.2) is 0 Å². The van der Waals surface area contributed by atoms with E-state index in [2.05, 4.69) is 0 Å². The summed E-state index contributed by atoms with van der Waals surface area (Å²) in [5.41, 5.74) is 5.90. The van der Waals surface area contributed by atoms with E-state index in [1.165, 1.54) is 0 Å². The summed E-state index contributed by atoms with van der Waals surface area (Å²) in [7, 11) is 1.56. The summed E-state index contributed by atoms with van der Waals surface area (Å²) in [6, 6.07) is 0.224. The van der Waals surface area contributed by atoms with E-state index in [0.29, 0.717) is 0 Å². The van der Waals surface area contributed by atoms with Crippen LogP contribution in [-0.2, 0) is 9.53 Å². The first-order valence-electron chi connectivity index (χ1n) is 5.66. The van der Waals surface area contributed by atoms with Crippen LogP contribution in [-0.4, -0.2) is 42.6 Å². The summed E-state index contributed by atoms with van der Waals surface area (Å²) in [5.74, 6) is 0.0690. The lowest BCUT2D eigenvalue weighted by molar-refractivity contribution is -0.145. The van der Waals surface area contributed by atoms with Gasteiger partial charge in [-0.1, -0.05) is 0 Å². The van der Waals surface area contributed by atoms with Gasteiger partial charge in [-0.25, -0.2) is 0 Å². The van der Waals surface area contributed by atoms with Crippen LogP contribution in [0.25, 0.3) is 0 Å². The van der Waals surface area contributed by atoms with Gasteiger partial charge in [0.2, 0.25) is 0 Å². The Bertz CT molecular complexity index is 219. The number of rotatable bonds is 3. The van der Waals surface area contributed by atoms with Crippen molar-refractivity contribution in [2.45, 2.75) is 51.3 Å². The lowest BCUT2D eigenvalue weighted by Gasteiger charge is -2.39. The van der Waals surface area contributed by atoms with E-state index >= 15 is 0 Å². The number of hydrogen-bond donors (Lipinski definition) is 1. The average Bonchev–Trinajstić information content (AvgIpc) is 2.27. The van der Waals surface area contributed by atoms with Gasteiger partial charge in [-0.15, -0.1) is 0 Å². The third-order valence-electron chi connectivity index (χ3n) is 3.14. The van der Waals surface area contributed by atoms with Crippen molar-refractivity contribution in [3.8, 4) is 0 Å². The highest BCUT2D eigenvalue weighted by Crippen LogP contribution is 2.20. The van der Waals surface area contributed by atoms with Crippen molar-refractivity contribution in [1.29, 1.82) is 0 Å². The number of ether oxygens (including phenoxy) is 1. The van der Waals surface area contributed by atoms with Crippen molar-refractivity contribution in [2.75, 3.05) is 13.7 Å². The van der Waals surface area contributed by atoms with Crippen LogP contribution in [0.4, 0.5) is 0 Å². The zero-order chi connectivity index (χ0) is 11.4. The Balaban J connectivity index is 2.67. The van der Waals surface area contributed by atoms with Crippen molar-refractivity contribution >= 4 is 5.91 Å². The zero-order valence-corrected chi connectivity index (χ0v) is 9.90. The van der Waals surface area contributed by atoms with Crippen LogP contribution in [0.1, 0.15) is 33.1 Å². The Labute approximate surface area is 91.8 Å². The summed E-state index contributed by atoms with van der Waals surface area (Å²) in [5, 5.41) is 0. The fourth-order valence-electron chi connectivity index (χ4n) is 2.11. The van der Waals surface area contributed by atoms with Crippen molar-refractivity contribution in [3.05, 3.63) is 0 Å². The van der Waals surface area contributed by atoms with E-state index in [4.69, 9.17) is 10.5 Å². The maximum atomic E-state index is 12.0.